The lowest BCUT2D eigenvalue weighted by molar-refractivity contribution is 0.0956. The van der Waals surface area contributed by atoms with E-state index in [0.717, 1.165) is 10.4 Å². The number of nitrogens with two attached hydrogens (primary N) is 1. The third-order valence-corrected chi connectivity index (χ3v) is 3.25. The van der Waals surface area contributed by atoms with Gasteiger partial charge in [-0.2, -0.15) is 0 Å². The largest absolute Gasteiger partial charge is 0.390 e. The van der Waals surface area contributed by atoms with Gasteiger partial charge in [-0.05, 0) is 25.3 Å². The zero-order chi connectivity index (χ0) is 11.6. The molecule has 0 bridgehead atoms. The van der Waals surface area contributed by atoms with Crippen molar-refractivity contribution in [1.82, 2.24) is 5.32 Å². The highest BCUT2D eigenvalue weighted by atomic mass is 32.1. The number of hydrogen-bond acceptors (Lipinski definition) is 3. The smallest absolute Gasteiger partial charge is 0.254 e. The molecule has 0 fully saturated rings. The van der Waals surface area contributed by atoms with Gasteiger partial charge in [0.05, 0.1) is 10.6 Å². The molecule has 1 heterocycles. The fraction of sp³-hybridized carbons (Fsp3) is 0.545. The van der Waals surface area contributed by atoms with Crippen LogP contribution in [-0.4, -0.2) is 12.5 Å². The number of amides is 1. The standard InChI is InChI=1S/C11H18N2OS/c1-5-13-11(14)9-8(6(2)3)7(4)15-10(9)12/h6H,5,12H2,1-4H3,(H,13,14). The number of carbonyl (C=O) groups is 1. The molecular weight excluding hydrogens is 208 g/mol. The van der Waals surface area contributed by atoms with Crippen LogP contribution < -0.4 is 11.1 Å². The first-order valence-electron chi connectivity index (χ1n) is 5.16. The molecule has 0 saturated carbocycles. The predicted octanol–water partition coefficient (Wildman–Crippen LogP) is 2.51. The van der Waals surface area contributed by atoms with Gasteiger partial charge in [0.1, 0.15) is 0 Å². The Bertz CT molecular complexity index is 369. The van der Waals surface area contributed by atoms with Crippen LogP contribution in [0, 0.1) is 6.92 Å². The van der Waals surface area contributed by atoms with E-state index in [1.807, 2.05) is 13.8 Å². The second-order valence-corrected chi connectivity index (χ2v) is 5.08. The van der Waals surface area contributed by atoms with Crippen LogP contribution in [0.4, 0.5) is 5.00 Å². The quantitative estimate of drug-likeness (QED) is 0.832. The van der Waals surface area contributed by atoms with Gasteiger partial charge in [0, 0.05) is 11.4 Å². The first kappa shape index (κ1) is 12.0. The van der Waals surface area contributed by atoms with E-state index in [4.69, 9.17) is 5.73 Å². The Kier molecular flexibility index (Phi) is 3.74. The summed E-state index contributed by atoms with van der Waals surface area (Å²) in [5, 5.41) is 3.43. The molecular formula is C11H18N2OS. The van der Waals surface area contributed by atoms with Gasteiger partial charge in [0.15, 0.2) is 0 Å². The minimum atomic E-state index is -0.0527. The van der Waals surface area contributed by atoms with Gasteiger partial charge in [-0.25, -0.2) is 0 Å². The van der Waals surface area contributed by atoms with E-state index in [9.17, 15) is 4.79 Å². The van der Waals surface area contributed by atoms with Crippen molar-refractivity contribution in [2.45, 2.75) is 33.6 Å². The molecule has 84 valence electrons. The summed E-state index contributed by atoms with van der Waals surface area (Å²) >= 11 is 1.50. The summed E-state index contributed by atoms with van der Waals surface area (Å²) in [5.74, 6) is 0.277. The lowest BCUT2D eigenvalue weighted by Gasteiger charge is -2.09. The number of rotatable bonds is 3. The van der Waals surface area contributed by atoms with E-state index in [1.165, 1.54) is 11.3 Å². The molecule has 0 spiro atoms. The molecule has 3 nitrogen and oxygen atoms in total. The lowest BCUT2D eigenvalue weighted by Crippen LogP contribution is -2.24. The molecule has 3 N–H and O–H groups in total. The molecule has 0 unspecified atom stereocenters. The Morgan fingerprint density at radius 3 is 2.60 bits per heavy atom. The van der Waals surface area contributed by atoms with Crippen molar-refractivity contribution in [3.8, 4) is 0 Å². The van der Waals surface area contributed by atoms with Crippen LogP contribution in [0.2, 0.25) is 0 Å². The highest BCUT2D eigenvalue weighted by molar-refractivity contribution is 7.16. The van der Waals surface area contributed by atoms with Gasteiger partial charge < -0.3 is 11.1 Å². The van der Waals surface area contributed by atoms with E-state index < -0.39 is 0 Å². The van der Waals surface area contributed by atoms with Crippen molar-refractivity contribution in [2.75, 3.05) is 12.3 Å². The third-order valence-electron chi connectivity index (χ3n) is 2.30. The number of nitrogens with one attached hydrogen (secondary N) is 1. The maximum Gasteiger partial charge on any atom is 0.254 e. The van der Waals surface area contributed by atoms with Crippen molar-refractivity contribution in [3.63, 3.8) is 0 Å². The molecule has 0 saturated heterocycles. The molecule has 1 amide bonds. The van der Waals surface area contributed by atoms with Crippen molar-refractivity contribution in [1.29, 1.82) is 0 Å². The number of aryl methyl sites for hydroxylation is 1. The number of nitrogen functional groups attached to an aromatic ring is 1. The lowest BCUT2D eigenvalue weighted by atomic mass is 9.98. The molecule has 0 atom stereocenters. The number of thiophene rings is 1. The summed E-state index contributed by atoms with van der Waals surface area (Å²) in [5.41, 5.74) is 7.63. The summed E-state index contributed by atoms with van der Waals surface area (Å²) in [6.07, 6.45) is 0. The minimum Gasteiger partial charge on any atom is -0.390 e. The van der Waals surface area contributed by atoms with Gasteiger partial charge >= 0.3 is 0 Å². The summed E-state index contributed by atoms with van der Waals surface area (Å²) in [6.45, 7) is 8.71. The monoisotopic (exact) mass is 226 g/mol. The normalized spacial score (nSPS) is 10.7. The number of carbonyl (C=O) groups excluding carboxylic acids is 1. The van der Waals surface area contributed by atoms with Crippen LogP contribution in [0.15, 0.2) is 0 Å². The molecule has 1 rings (SSSR count). The molecule has 0 radical (unpaired) electrons. The maximum atomic E-state index is 11.8. The van der Waals surface area contributed by atoms with Crippen molar-refractivity contribution < 1.29 is 4.79 Å². The topological polar surface area (TPSA) is 55.1 Å². The Hall–Kier alpha value is -1.03. The second kappa shape index (κ2) is 4.66. The van der Waals surface area contributed by atoms with Gasteiger partial charge in [0.2, 0.25) is 0 Å². The van der Waals surface area contributed by atoms with E-state index in [0.29, 0.717) is 23.0 Å². The van der Waals surface area contributed by atoms with E-state index in [-0.39, 0.29) is 5.91 Å². The predicted molar refractivity (Wildman–Crippen MR) is 65.6 cm³/mol. The molecule has 0 aromatic carbocycles. The molecule has 15 heavy (non-hydrogen) atoms. The zero-order valence-corrected chi connectivity index (χ0v) is 10.5. The fourth-order valence-electron chi connectivity index (χ4n) is 1.76. The highest BCUT2D eigenvalue weighted by Gasteiger charge is 2.21. The van der Waals surface area contributed by atoms with Crippen LogP contribution in [0.25, 0.3) is 0 Å². The summed E-state index contributed by atoms with van der Waals surface area (Å²) in [4.78, 5) is 13.0. The molecule has 1 aromatic rings. The average Bonchev–Trinajstić information content (AvgIpc) is 2.41. The van der Waals surface area contributed by atoms with Crippen LogP contribution in [0.3, 0.4) is 0 Å². The zero-order valence-electron chi connectivity index (χ0n) is 9.68. The number of hydrogen-bond donors (Lipinski definition) is 2. The Morgan fingerprint density at radius 1 is 1.53 bits per heavy atom. The van der Waals surface area contributed by atoms with Crippen LogP contribution >= 0.6 is 11.3 Å². The van der Waals surface area contributed by atoms with Crippen LogP contribution in [0.1, 0.15) is 47.5 Å². The Balaban J connectivity index is 3.20. The summed E-state index contributed by atoms with van der Waals surface area (Å²) < 4.78 is 0. The maximum absolute atomic E-state index is 11.8. The summed E-state index contributed by atoms with van der Waals surface area (Å²) in [6, 6.07) is 0. The Morgan fingerprint density at radius 2 is 2.13 bits per heavy atom. The SMILES string of the molecule is CCNC(=O)c1c(N)sc(C)c1C(C)C. The summed E-state index contributed by atoms with van der Waals surface area (Å²) in [7, 11) is 0. The van der Waals surface area contributed by atoms with E-state index in [1.54, 1.807) is 0 Å². The van der Waals surface area contributed by atoms with Gasteiger partial charge in [-0.15, -0.1) is 11.3 Å². The fourth-order valence-corrected chi connectivity index (χ4v) is 2.84. The first-order chi connectivity index (χ1) is 6.99. The van der Waals surface area contributed by atoms with Crippen molar-refractivity contribution in [3.05, 3.63) is 16.0 Å². The first-order valence-corrected chi connectivity index (χ1v) is 5.97. The van der Waals surface area contributed by atoms with Crippen molar-refractivity contribution in [2.24, 2.45) is 0 Å². The van der Waals surface area contributed by atoms with Crippen LogP contribution in [-0.2, 0) is 0 Å². The second-order valence-electron chi connectivity index (χ2n) is 3.83. The van der Waals surface area contributed by atoms with E-state index >= 15 is 0 Å². The van der Waals surface area contributed by atoms with E-state index in [2.05, 4.69) is 19.2 Å². The molecule has 0 aliphatic carbocycles. The highest BCUT2D eigenvalue weighted by Crippen LogP contribution is 2.35. The molecule has 0 aliphatic rings. The molecule has 1 aromatic heterocycles. The molecule has 4 heteroatoms. The van der Waals surface area contributed by atoms with Gasteiger partial charge in [-0.1, -0.05) is 13.8 Å². The minimum absolute atomic E-state index is 0.0527. The van der Waals surface area contributed by atoms with Crippen molar-refractivity contribution >= 4 is 22.2 Å². The van der Waals surface area contributed by atoms with Gasteiger partial charge in [0.25, 0.3) is 5.91 Å². The average molecular weight is 226 g/mol. The molecule has 0 aliphatic heterocycles. The number of anilines is 1. The third kappa shape index (κ3) is 2.31. The van der Waals surface area contributed by atoms with Crippen LogP contribution in [0.5, 0.6) is 0 Å². The van der Waals surface area contributed by atoms with Gasteiger partial charge in [-0.3, -0.25) is 4.79 Å². The Labute approximate surface area is 94.7 Å².